The van der Waals surface area contributed by atoms with Crippen molar-refractivity contribution >= 4 is 0 Å². The molecule has 0 unspecified atom stereocenters. The molecule has 0 spiro atoms. The molecule has 16 heavy (non-hydrogen) atoms. The smallest absolute Gasteiger partial charge is 0.194 e. The summed E-state index contributed by atoms with van der Waals surface area (Å²) in [5.41, 5.74) is 0.168. The summed E-state index contributed by atoms with van der Waals surface area (Å²) in [4.78, 5) is 0. The highest BCUT2D eigenvalue weighted by molar-refractivity contribution is 5.59. The monoisotopic (exact) mass is 229 g/mol. The van der Waals surface area contributed by atoms with Crippen molar-refractivity contribution in [3.05, 3.63) is 41.4 Å². The van der Waals surface area contributed by atoms with Crippen LogP contribution in [0.15, 0.2) is 22.7 Å². The minimum Gasteiger partial charge on any atom is -0.388 e. The van der Waals surface area contributed by atoms with Crippen molar-refractivity contribution in [2.75, 3.05) is 0 Å². The van der Waals surface area contributed by atoms with Crippen molar-refractivity contribution in [1.82, 2.24) is 5.16 Å². The third-order valence-electron chi connectivity index (χ3n) is 1.99. The van der Waals surface area contributed by atoms with Gasteiger partial charge in [-0.15, -0.1) is 0 Å². The molecule has 0 fully saturated rings. The Labute approximate surface area is 88.1 Å². The molecule has 0 saturated carbocycles. The number of benzene rings is 1. The molecule has 0 aliphatic rings. The SMILES string of the molecule is OCc1cc(-c2cc(F)c(F)c(F)c2)no1. The third kappa shape index (κ3) is 1.79. The molecule has 0 atom stereocenters. The lowest BCUT2D eigenvalue weighted by Crippen LogP contribution is -1.91. The van der Waals surface area contributed by atoms with Crippen molar-refractivity contribution in [1.29, 1.82) is 0 Å². The highest BCUT2D eigenvalue weighted by atomic mass is 19.2. The van der Waals surface area contributed by atoms with Gasteiger partial charge >= 0.3 is 0 Å². The number of halogens is 3. The zero-order valence-electron chi connectivity index (χ0n) is 7.88. The van der Waals surface area contributed by atoms with Gasteiger partial charge in [-0.3, -0.25) is 0 Å². The quantitative estimate of drug-likeness (QED) is 0.803. The number of hydrogen-bond acceptors (Lipinski definition) is 3. The maximum atomic E-state index is 12.9. The molecule has 1 aromatic heterocycles. The number of rotatable bonds is 2. The summed E-state index contributed by atoms with van der Waals surface area (Å²) in [5, 5.41) is 12.2. The third-order valence-corrected chi connectivity index (χ3v) is 1.99. The minimum absolute atomic E-state index is 0.0415. The van der Waals surface area contributed by atoms with Gasteiger partial charge in [0.25, 0.3) is 0 Å². The second kappa shape index (κ2) is 3.97. The fourth-order valence-corrected chi connectivity index (χ4v) is 1.23. The van der Waals surface area contributed by atoms with Gasteiger partial charge in [-0.1, -0.05) is 5.16 Å². The molecule has 0 bridgehead atoms. The zero-order valence-corrected chi connectivity index (χ0v) is 7.88. The van der Waals surface area contributed by atoms with Gasteiger partial charge in [-0.25, -0.2) is 13.2 Å². The van der Waals surface area contributed by atoms with Crippen LogP contribution in [0.4, 0.5) is 13.2 Å². The van der Waals surface area contributed by atoms with E-state index in [-0.39, 0.29) is 23.6 Å². The lowest BCUT2D eigenvalue weighted by Gasteiger charge is -1.98. The Morgan fingerprint density at radius 1 is 1.12 bits per heavy atom. The van der Waals surface area contributed by atoms with Crippen LogP contribution in [0.5, 0.6) is 0 Å². The molecule has 2 rings (SSSR count). The molecular formula is C10H6F3NO2. The largest absolute Gasteiger partial charge is 0.388 e. The summed E-state index contributed by atoms with van der Waals surface area (Å²) in [5.74, 6) is -3.98. The lowest BCUT2D eigenvalue weighted by molar-refractivity contribution is 0.229. The van der Waals surface area contributed by atoms with Crippen LogP contribution in [0.3, 0.4) is 0 Å². The second-order valence-electron chi connectivity index (χ2n) is 3.09. The van der Waals surface area contributed by atoms with E-state index in [1.54, 1.807) is 0 Å². The van der Waals surface area contributed by atoms with Gasteiger partial charge in [-0.05, 0) is 12.1 Å². The standard InChI is InChI=1S/C10H6F3NO2/c11-7-1-5(2-8(12)10(7)13)9-3-6(4-15)16-14-9/h1-3,15H,4H2. The Kier molecular flexibility index (Phi) is 2.66. The summed E-state index contributed by atoms with van der Waals surface area (Å²) in [6, 6.07) is 2.92. The van der Waals surface area contributed by atoms with Crippen molar-refractivity contribution in [3.8, 4) is 11.3 Å². The van der Waals surface area contributed by atoms with Crippen LogP contribution < -0.4 is 0 Å². The van der Waals surface area contributed by atoms with Gasteiger partial charge in [-0.2, -0.15) is 0 Å². The van der Waals surface area contributed by atoms with Gasteiger partial charge < -0.3 is 9.63 Å². The van der Waals surface area contributed by atoms with Crippen LogP contribution >= 0.6 is 0 Å². The predicted molar refractivity (Wildman–Crippen MR) is 47.7 cm³/mol. The van der Waals surface area contributed by atoms with Crippen LogP contribution in [0.2, 0.25) is 0 Å². The predicted octanol–water partition coefficient (Wildman–Crippen LogP) is 2.25. The van der Waals surface area contributed by atoms with E-state index in [1.807, 2.05) is 0 Å². The number of aliphatic hydroxyl groups is 1. The molecule has 0 aliphatic heterocycles. The summed E-state index contributed by atoms with van der Waals surface area (Å²) < 4.78 is 43.1. The minimum atomic E-state index is -1.53. The van der Waals surface area contributed by atoms with Gasteiger partial charge in [0.15, 0.2) is 23.2 Å². The van der Waals surface area contributed by atoms with Crippen molar-refractivity contribution in [3.63, 3.8) is 0 Å². The molecule has 0 amide bonds. The van der Waals surface area contributed by atoms with Gasteiger partial charge in [0, 0.05) is 11.6 Å². The molecule has 2 aromatic rings. The first-order valence-electron chi connectivity index (χ1n) is 4.33. The molecule has 1 heterocycles. The van der Waals surface area contributed by atoms with Crippen molar-refractivity contribution in [2.24, 2.45) is 0 Å². The first-order valence-corrected chi connectivity index (χ1v) is 4.33. The van der Waals surface area contributed by atoms with E-state index in [9.17, 15) is 13.2 Å². The molecule has 1 N–H and O–H groups in total. The normalized spacial score (nSPS) is 10.8. The fourth-order valence-electron chi connectivity index (χ4n) is 1.23. The Balaban J connectivity index is 2.48. The first kappa shape index (κ1) is 10.7. The van der Waals surface area contributed by atoms with Crippen LogP contribution in [0, 0.1) is 17.5 Å². The van der Waals surface area contributed by atoms with Crippen molar-refractivity contribution in [2.45, 2.75) is 6.61 Å². The van der Waals surface area contributed by atoms with E-state index in [4.69, 9.17) is 5.11 Å². The lowest BCUT2D eigenvalue weighted by atomic mass is 10.1. The van der Waals surface area contributed by atoms with Crippen LogP contribution in [0.1, 0.15) is 5.76 Å². The summed E-state index contributed by atoms with van der Waals surface area (Å²) >= 11 is 0. The molecule has 1 aromatic carbocycles. The summed E-state index contributed by atoms with van der Waals surface area (Å²) in [7, 11) is 0. The summed E-state index contributed by atoms with van der Waals surface area (Å²) in [6.45, 7) is -0.376. The molecular weight excluding hydrogens is 223 g/mol. The van der Waals surface area contributed by atoms with Crippen LogP contribution in [-0.4, -0.2) is 10.3 Å². The van der Waals surface area contributed by atoms with E-state index in [2.05, 4.69) is 9.68 Å². The Hall–Kier alpha value is -1.82. The highest BCUT2D eigenvalue weighted by Gasteiger charge is 2.14. The second-order valence-corrected chi connectivity index (χ2v) is 3.09. The highest BCUT2D eigenvalue weighted by Crippen LogP contribution is 2.23. The van der Waals surface area contributed by atoms with Crippen LogP contribution in [0.25, 0.3) is 11.3 Å². The molecule has 0 saturated heterocycles. The van der Waals surface area contributed by atoms with E-state index in [0.29, 0.717) is 0 Å². The van der Waals surface area contributed by atoms with Gasteiger partial charge in [0.05, 0.1) is 0 Å². The molecule has 0 radical (unpaired) electrons. The average molecular weight is 229 g/mol. The maximum absolute atomic E-state index is 12.9. The van der Waals surface area contributed by atoms with Gasteiger partial charge in [0.1, 0.15) is 12.3 Å². The maximum Gasteiger partial charge on any atom is 0.194 e. The molecule has 6 heteroatoms. The van der Waals surface area contributed by atoms with E-state index in [0.717, 1.165) is 12.1 Å². The molecule has 0 aliphatic carbocycles. The fraction of sp³-hybridized carbons (Fsp3) is 0.100. The Morgan fingerprint density at radius 2 is 1.75 bits per heavy atom. The average Bonchev–Trinajstić information content (AvgIpc) is 2.73. The van der Waals surface area contributed by atoms with Crippen molar-refractivity contribution < 1.29 is 22.8 Å². The Bertz CT molecular complexity index is 502. The number of aliphatic hydroxyl groups excluding tert-OH is 1. The van der Waals surface area contributed by atoms with Gasteiger partial charge in [0.2, 0.25) is 0 Å². The number of hydrogen-bond donors (Lipinski definition) is 1. The van der Waals surface area contributed by atoms with E-state index < -0.39 is 17.5 Å². The topological polar surface area (TPSA) is 46.3 Å². The molecule has 84 valence electrons. The van der Waals surface area contributed by atoms with E-state index >= 15 is 0 Å². The first-order chi connectivity index (χ1) is 7.61. The number of nitrogens with zero attached hydrogens (tertiary/aromatic N) is 1. The molecule has 3 nitrogen and oxygen atoms in total. The Morgan fingerprint density at radius 3 is 2.25 bits per heavy atom. The van der Waals surface area contributed by atoms with E-state index in [1.165, 1.54) is 6.07 Å². The van der Waals surface area contributed by atoms with Crippen LogP contribution in [-0.2, 0) is 6.61 Å². The zero-order chi connectivity index (χ0) is 11.7. The number of aromatic nitrogens is 1. The summed E-state index contributed by atoms with van der Waals surface area (Å²) in [6.07, 6.45) is 0.